The van der Waals surface area contributed by atoms with Crippen LogP contribution in [-0.4, -0.2) is 17.8 Å². The zero-order valence-corrected chi connectivity index (χ0v) is 15.9. The van der Waals surface area contributed by atoms with E-state index in [1.54, 1.807) is 6.07 Å². The number of imide groups is 1. The van der Waals surface area contributed by atoms with E-state index < -0.39 is 17.8 Å². The van der Waals surface area contributed by atoms with Crippen molar-refractivity contribution in [1.29, 1.82) is 0 Å². The number of fused-ring (bicyclic) bond motifs is 1. The van der Waals surface area contributed by atoms with Gasteiger partial charge in [0.05, 0.1) is 16.1 Å². The van der Waals surface area contributed by atoms with Gasteiger partial charge in [0.1, 0.15) is 5.00 Å². The Labute approximate surface area is 163 Å². The lowest BCUT2D eigenvalue weighted by Gasteiger charge is -2.12. The number of nitrogens with one attached hydrogen (secondary N) is 2. The molecule has 0 atom stereocenters. The van der Waals surface area contributed by atoms with E-state index in [0.29, 0.717) is 22.0 Å². The van der Waals surface area contributed by atoms with E-state index in [9.17, 15) is 14.4 Å². The molecule has 0 bridgehead atoms. The second kappa shape index (κ2) is 7.65. The van der Waals surface area contributed by atoms with Gasteiger partial charge in [0.15, 0.2) is 0 Å². The molecule has 1 aromatic carbocycles. The van der Waals surface area contributed by atoms with Crippen LogP contribution in [0.2, 0.25) is 10.0 Å². The SMILES string of the molecule is NC(=O)NC(=O)c1c(NC(=O)c2ccc(Cl)cc2Cl)sc2c1CCCC2. The molecule has 0 saturated heterocycles. The van der Waals surface area contributed by atoms with Crippen molar-refractivity contribution in [3.63, 3.8) is 0 Å². The number of rotatable bonds is 3. The van der Waals surface area contributed by atoms with Crippen LogP contribution < -0.4 is 16.4 Å². The zero-order valence-electron chi connectivity index (χ0n) is 13.5. The molecule has 2 aromatic rings. The number of primary amides is 1. The normalized spacial score (nSPS) is 13.0. The molecule has 0 aliphatic heterocycles. The van der Waals surface area contributed by atoms with E-state index in [-0.39, 0.29) is 10.6 Å². The monoisotopic (exact) mass is 411 g/mol. The molecule has 0 saturated carbocycles. The molecule has 0 spiro atoms. The van der Waals surface area contributed by atoms with Crippen molar-refractivity contribution in [2.45, 2.75) is 25.7 Å². The van der Waals surface area contributed by atoms with Gasteiger partial charge in [-0.2, -0.15) is 0 Å². The summed E-state index contributed by atoms with van der Waals surface area (Å²) >= 11 is 13.3. The summed E-state index contributed by atoms with van der Waals surface area (Å²) in [6, 6.07) is 3.60. The van der Waals surface area contributed by atoms with Gasteiger partial charge in [0, 0.05) is 9.90 Å². The Kier molecular flexibility index (Phi) is 5.50. The Morgan fingerprint density at radius 1 is 1.08 bits per heavy atom. The van der Waals surface area contributed by atoms with E-state index in [4.69, 9.17) is 28.9 Å². The predicted molar refractivity (Wildman–Crippen MR) is 102 cm³/mol. The van der Waals surface area contributed by atoms with Crippen LogP contribution in [0.25, 0.3) is 0 Å². The fraction of sp³-hybridized carbons (Fsp3) is 0.235. The summed E-state index contributed by atoms with van der Waals surface area (Å²) in [4.78, 5) is 37.2. The first-order valence-corrected chi connectivity index (χ1v) is 9.45. The molecule has 3 rings (SSSR count). The lowest BCUT2D eigenvalue weighted by molar-refractivity contribution is 0.0966. The van der Waals surface area contributed by atoms with Crippen molar-refractivity contribution < 1.29 is 14.4 Å². The molecule has 0 radical (unpaired) electrons. The van der Waals surface area contributed by atoms with E-state index in [1.165, 1.54) is 23.5 Å². The number of anilines is 1. The Bertz CT molecular complexity index is 911. The van der Waals surface area contributed by atoms with Gasteiger partial charge < -0.3 is 11.1 Å². The number of carbonyl (C=O) groups excluding carboxylic acids is 3. The van der Waals surface area contributed by atoms with E-state index in [1.807, 2.05) is 0 Å². The molecular formula is C17H15Cl2N3O3S. The molecule has 0 fully saturated rings. The minimum Gasteiger partial charge on any atom is -0.351 e. The molecule has 9 heteroatoms. The highest BCUT2D eigenvalue weighted by Gasteiger charge is 2.27. The molecular weight excluding hydrogens is 397 g/mol. The van der Waals surface area contributed by atoms with Crippen LogP contribution >= 0.6 is 34.5 Å². The summed E-state index contributed by atoms with van der Waals surface area (Å²) < 4.78 is 0. The number of amides is 4. The first-order valence-electron chi connectivity index (χ1n) is 7.88. The molecule has 136 valence electrons. The van der Waals surface area contributed by atoms with Gasteiger partial charge in [-0.15, -0.1) is 11.3 Å². The lowest BCUT2D eigenvalue weighted by atomic mass is 9.95. The van der Waals surface area contributed by atoms with Gasteiger partial charge in [-0.3, -0.25) is 14.9 Å². The molecule has 26 heavy (non-hydrogen) atoms. The van der Waals surface area contributed by atoms with Crippen LogP contribution in [0.3, 0.4) is 0 Å². The van der Waals surface area contributed by atoms with Crippen LogP contribution in [0.1, 0.15) is 44.0 Å². The molecule has 4 N–H and O–H groups in total. The van der Waals surface area contributed by atoms with Crippen molar-refractivity contribution in [2.24, 2.45) is 5.73 Å². The summed E-state index contributed by atoms with van der Waals surface area (Å²) in [5.41, 5.74) is 6.46. The smallest absolute Gasteiger partial charge is 0.319 e. The summed E-state index contributed by atoms with van der Waals surface area (Å²) in [5.74, 6) is -1.08. The minimum atomic E-state index is -0.941. The number of halogens is 2. The van der Waals surface area contributed by atoms with Crippen molar-refractivity contribution in [1.82, 2.24) is 5.32 Å². The second-order valence-corrected chi connectivity index (χ2v) is 7.76. The van der Waals surface area contributed by atoms with Gasteiger partial charge in [-0.05, 0) is 49.4 Å². The summed E-state index contributed by atoms with van der Waals surface area (Å²) in [6.45, 7) is 0. The first-order chi connectivity index (χ1) is 12.4. The number of hydrogen-bond donors (Lipinski definition) is 3. The Morgan fingerprint density at radius 3 is 2.50 bits per heavy atom. The summed E-state index contributed by atoms with van der Waals surface area (Å²) in [6.07, 6.45) is 3.50. The molecule has 1 aliphatic carbocycles. The average molecular weight is 412 g/mol. The topological polar surface area (TPSA) is 101 Å². The third kappa shape index (κ3) is 3.85. The molecule has 6 nitrogen and oxygen atoms in total. The highest BCUT2D eigenvalue weighted by molar-refractivity contribution is 7.17. The first kappa shape index (κ1) is 18.7. The lowest BCUT2D eigenvalue weighted by Crippen LogP contribution is -2.35. The van der Waals surface area contributed by atoms with E-state index in [2.05, 4.69) is 10.6 Å². The quantitative estimate of drug-likeness (QED) is 0.710. The van der Waals surface area contributed by atoms with Crippen LogP contribution in [0.15, 0.2) is 18.2 Å². The molecule has 1 aromatic heterocycles. The van der Waals surface area contributed by atoms with Crippen molar-refractivity contribution >= 4 is 57.4 Å². The molecule has 0 unspecified atom stereocenters. The van der Waals surface area contributed by atoms with Crippen LogP contribution in [-0.2, 0) is 12.8 Å². The summed E-state index contributed by atoms with van der Waals surface area (Å²) in [7, 11) is 0. The van der Waals surface area contributed by atoms with Crippen molar-refractivity contribution in [3.8, 4) is 0 Å². The average Bonchev–Trinajstić information content (AvgIpc) is 2.91. The number of nitrogens with two attached hydrogens (primary N) is 1. The third-order valence-electron chi connectivity index (χ3n) is 4.04. The second-order valence-electron chi connectivity index (χ2n) is 5.81. The Morgan fingerprint density at radius 2 is 1.81 bits per heavy atom. The number of thiophene rings is 1. The maximum atomic E-state index is 12.6. The Balaban J connectivity index is 1.96. The fourth-order valence-electron chi connectivity index (χ4n) is 2.91. The van der Waals surface area contributed by atoms with Crippen LogP contribution in [0.5, 0.6) is 0 Å². The number of carbonyl (C=O) groups is 3. The van der Waals surface area contributed by atoms with Crippen LogP contribution in [0, 0.1) is 0 Å². The number of urea groups is 1. The van der Waals surface area contributed by atoms with Gasteiger partial charge in [0.25, 0.3) is 11.8 Å². The minimum absolute atomic E-state index is 0.208. The maximum Gasteiger partial charge on any atom is 0.319 e. The molecule has 4 amide bonds. The zero-order chi connectivity index (χ0) is 18.8. The summed E-state index contributed by atoms with van der Waals surface area (Å²) in [5, 5.41) is 5.82. The number of hydrogen-bond acceptors (Lipinski definition) is 4. The molecule has 1 heterocycles. The number of aryl methyl sites for hydroxylation is 1. The number of benzene rings is 1. The van der Waals surface area contributed by atoms with Crippen molar-refractivity contribution in [3.05, 3.63) is 49.8 Å². The van der Waals surface area contributed by atoms with Gasteiger partial charge in [-0.1, -0.05) is 23.2 Å². The van der Waals surface area contributed by atoms with Gasteiger partial charge in [-0.25, -0.2) is 4.79 Å². The standard InChI is InChI=1S/C17H15Cl2N3O3S/c18-8-5-6-9(11(19)7-8)14(23)21-16-13(15(24)22-17(20)25)10-3-1-2-4-12(10)26-16/h5-7H,1-4H2,(H,21,23)(H3,20,22,24,25). The molecule has 1 aliphatic rings. The highest BCUT2D eigenvalue weighted by atomic mass is 35.5. The van der Waals surface area contributed by atoms with Gasteiger partial charge in [0.2, 0.25) is 0 Å². The largest absolute Gasteiger partial charge is 0.351 e. The van der Waals surface area contributed by atoms with Gasteiger partial charge >= 0.3 is 6.03 Å². The van der Waals surface area contributed by atoms with E-state index in [0.717, 1.165) is 29.7 Å². The van der Waals surface area contributed by atoms with Crippen molar-refractivity contribution in [2.75, 3.05) is 5.32 Å². The predicted octanol–water partition coefficient (Wildman–Crippen LogP) is 3.99. The Hall–Kier alpha value is -2.09. The van der Waals surface area contributed by atoms with Crippen LogP contribution in [0.4, 0.5) is 9.80 Å². The van der Waals surface area contributed by atoms with E-state index >= 15 is 0 Å². The maximum absolute atomic E-state index is 12.6. The fourth-order valence-corrected chi connectivity index (χ4v) is 4.69. The third-order valence-corrected chi connectivity index (χ3v) is 5.79. The highest BCUT2D eigenvalue weighted by Crippen LogP contribution is 2.38.